The molecule has 0 heterocycles. The van der Waals surface area contributed by atoms with E-state index in [2.05, 4.69) is 51.2 Å². The molecular weight excluding hydrogens is 472 g/mol. The highest BCUT2D eigenvalue weighted by Gasteiger charge is 2.27. The van der Waals surface area contributed by atoms with Gasteiger partial charge in [-0.05, 0) is 58.9 Å². The number of thioether (sulfide) groups is 1. The highest BCUT2D eigenvalue weighted by Crippen LogP contribution is 2.21. The van der Waals surface area contributed by atoms with E-state index in [1.165, 1.54) is 16.7 Å². The van der Waals surface area contributed by atoms with Gasteiger partial charge in [0.1, 0.15) is 0 Å². The summed E-state index contributed by atoms with van der Waals surface area (Å²) in [5, 5.41) is 12.0. The molecule has 1 amide bonds. The number of benzene rings is 1. The topological polar surface area (TPSA) is 109 Å². The molecule has 0 saturated carbocycles. The van der Waals surface area contributed by atoms with Crippen LogP contribution in [0.1, 0.15) is 71.3 Å². The van der Waals surface area contributed by atoms with Crippen LogP contribution in [-0.4, -0.2) is 46.9 Å². The molecular formula is C29H42N2O4S. The van der Waals surface area contributed by atoms with Gasteiger partial charge in [0, 0.05) is 11.5 Å². The zero-order valence-corrected chi connectivity index (χ0v) is 22.9. The first kappa shape index (κ1) is 31.4. The van der Waals surface area contributed by atoms with Crippen LogP contribution in [0.2, 0.25) is 0 Å². The van der Waals surface area contributed by atoms with Gasteiger partial charge in [-0.25, -0.2) is 0 Å². The van der Waals surface area contributed by atoms with Crippen LogP contribution < -0.4 is 11.1 Å². The zero-order valence-electron chi connectivity index (χ0n) is 22.1. The molecule has 6 nitrogen and oxygen atoms in total. The molecule has 0 radical (unpaired) electrons. The van der Waals surface area contributed by atoms with Crippen molar-refractivity contribution in [1.29, 1.82) is 0 Å². The van der Waals surface area contributed by atoms with Gasteiger partial charge >= 0.3 is 5.97 Å². The molecule has 0 saturated heterocycles. The number of Topliss-reactive ketones (excluding diaryl/α,β-unsaturated/α-hetero) is 1. The minimum Gasteiger partial charge on any atom is -0.481 e. The van der Waals surface area contributed by atoms with Crippen molar-refractivity contribution in [3.8, 4) is 0 Å². The van der Waals surface area contributed by atoms with Gasteiger partial charge in [-0.1, -0.05) is 65.3 Å². The first-order valence-corrected chi connectivity index (χ1v) is 13.6. The molecule has 0 fully saturated rings. The Morgan fingerprint density at radius 2 is 1.58 bits per heavy atom. The van der Waals surface area contributed by atoms with E-state index in [0.29, 0.717) is 11.3 Å². The molecule has 1 unspecified atom stereocenters. The maximum Gasteiger partial charge on any atom is 0.304 e. The maximum atomic E-state index is 12.9. The first-order valence-electron chi connectivity index (χ1n) is 12.5. The highest BCUT2D eigenvalue weighted by atomic mass is 32.2. The maximum absolute atomic E-state index is 12.9. The Morgan fingerprint density at radius 1 is 0.972 bits per heavy atom. The Morgan fingerprint density at radius 3 is 2.17 bits per heavy atom. The van der Waals surface area contributed by atoms with Crippen LogP contribution in [-0.2, 0) is 14.4 Å². The van der Waals surface area contributed by atoms with Crippen LogP contribution in [0.5, 0.6) is 0 Å². The summed E-state index contributed by atoms with van der Waals surface area (Å²) in [7, 11) is 0. The number of hydrogen-bond donors (Lipinski definition) is 3. The fourth-order valence-electron chi connectivity index (χ4n) is 3.58. The molecule has 0 bridgehead atoms. The summed E-state index contributed by atoms with van der Waals surface area (Å²) in [6, 6.07) is 7.99. The van der Waals surface area contributed by atoms with E-state index in [4.69, 9.17) is 5.73 Å². The lowest BCUT2D eigenvalue weighted by Gasteiger charge is -2.21. The van der Waals surface area contributed by atoms with E-state index in [-0.39, 0.29) is 18.7 Å². The summed E-state index contributed by atoms with van der Waals surface area (Å²) in [4.78, 5) is 36.6. The lowest BCUT2D eigenvalue weighted by molar-refractivity contribution is -0.139. The minimum absolute atomic E-state index is 0.186. The van der Waals surface area contributed by atoms with Gasteiger partial charge in [0.2, 0.25) is 5.91 Å². The molecule has 36 heavy (non-hydrogen) atoms. The Balaban J connectivity index is 2.61. The largest absolute Gasteiger partial charge is 0.481 e. The number of ketones is 1. The fourth-order valence-corrected chi connectivity index (χ4v) is 4.62. The number of nitrogens with two attached hydrogens (primary N) is 1. The molecule has 4 N–H and O–H groups in total. The molecule has 0 aromatic heterocycles. The van der Waals surface area contributed by atoms with Gasteiger partial charge in [0.25, 0.3) is 0 Å². The zero-order chi connectivity index (χ0) is 26.9. The third-order valence-electron chi connectivity index (χ3n) is 5.76. The fraction of sp³-hybridized carbons (Fsp3) is 0.483. The van der Waals surface area contributed by atoms with Crippen LogP contribution in [0.3, 0.4) is 0 Å². The normalized spacial score (nSPS) is 13.6. The van der Waals surface area contributed by atoms with Gasteiger partial charge < -0.3 is 16.2 Å². The SMILES string of the molecule is CC(C)=CCC/C(C)=C/CC/C(C)=C/CSC[C@H](NC(=O)C(CC(=O)O)c1ccccc1)C(=O)CN. The van der Waals surface area contributed by atoms with E-state index in [0.717, 1.165) is 31.4 Å². The summed E-state index contributed by atoms with van der Waals surface area (Å²) in [6.07, 6.45) is 10.5. The Kier molecular flexibility index (Phi) is 15.5. The van der Waals surface area contributed by atoms with Crippen molar-refractivity contribution < 1.29 is 19.5 Å². The number of carbonyl (C=O) groups is 3. The second-order valence-electron chi connectivity index (χ2n) is 9.29. The molecule has 7 heteroatoms. The van der Waals surface area contributed by atoms with Gasteiger partial charge in [-0.15, -0.1) is 0 Å². The molecule has 0 aliphatic carbocycles. The number of carbonyl (C=O) groups excluding carboxylic acids is 2. The quantitative estimate of drug-likeness (QED) is 0.189. The van der Waals surface area contributed by atoms with Crippen molar-refractivity contribution in [2.75, 3.05) is 18.1 Å². The van der Waals surface area contributed by atoms with Gasteiger partial charge in [0.05, 0.1) is 24.9 Å². The van der Waals surface area contributed by atoms with Crippen molar-refractivity contribution in [2.45, 2.75) is 71.8 Å². The minimum atomic E-state index is -1.08. The Hall–Kier alpha value is -2.64. The van der Waals surface area contributed by atoms with Gasteiger partial charge in [-0.2, -0.15) is 11.8 Å². The predicted molar refractivity (Wildman–Crippen MR) is 150 cm³/mol. The molecule has 1 aromatic rings. The van der Waals surface area contributed by atoms with Crippen molar-refractivity contribution in [2.24, 2.45) is 5.73 Å². The van der Waals surface area contributed by atoms with Crippen LogP contribution in [0.15, 0.2) is 65.3 Å². The number of amides is 1. The van der Waals surface area contributed by atoms with Gasteiger partial charge in [-0.3, -0.25) is 14.4 Å². The van der Waals surface area contributed by atoms with E-state index in [1.54, 1.807) is 42.1 Å². The van der Waals surface area contributed by atoms with Crippen LogP contribution in [0.4, 0.5) is 0 Å². The third-order valence-corrected chi connectivity index (χ3v) is 6.73. The van der Waals surface area contributed by atoms with E-state index < -0.39 is 23.8 Å². The third kappa shape index (κ3) is 13.4. The summed E-state index contributed by atoms with van der Waals surface area (Å²) in [5.41, 5.74) is 10.2. The molecule has 0 aliphatic heterocycles. The lowest BCUT2D eigenvalue weighted by Crippen LogP contribution is -2.47. The lowest BCUT2D eigenvalue weighted by atomic mass is 9.94. The van der Waals surface area contributed by atoms with Crippen LogP contribution in [0.25, 0.3) is 0 Å². The molecule has 1 rings (SSSR count). The molecule has 2 atom stereocenters. The van der Waals surface area contributed by atoms with Crippen molar-refractivity contribution in [3.63, 3.8) is 0 Å². The molecule has 0 aliphatic rings. The van der Waals surface area contributed by atoms with Crippen LogP contribution >= 0.6 is 11.8 Å². The summed E-state index contributed by atoms with van der Waals surface area (Å²) >= 11 is 1.54. The molecule has 0 spiro atoms. The number of nitrogens with one attached hydrogen (secondary N) is 1. The second-order valence-corrected chi connectivity index (χ2v) is 10.4. The standard InChI is InChI=1S/C29H42N2O4S/c1-21(2)10-8-11-22(3)12-9-13-23(4)16-17-36-20-26(27(32)19-30)31-29(35)25(18-28(33)34)24-14-6-5-7-15-24/h5-7,10,12,14-16,25-26H,8-9,11,13,17-20,30H2,1-4H3,(H,31,35)(H,33,34)/b22-12+,23-16+/t25?,26-/m0/s1. The van der Waals surface area contributed by atoms with E-state index in [1.807, 2.05) is 0 Å². The molecule has 198 valence electrons. The highest BCUT2D eigenvalue weighted by molar-refractivity contribution is 7.99. The summed E-state index contributed by atoms with van der Waals surface area (Å²) in [6.45, 7) is 8.33. The monoisotopic (exact) mass is 514 g/mol. The van der Waals surface area contributed by atoms with Gasteiger partial charge in [0.15, 0.2) is 5.78 Å². The summed E-state index contributed by atoms with van der Waals surface area (Å²) in [5.74, 6) is -1.60. The Bertz CT molecular complexity index is 934. The number of carboxylic acid groups (broad SMARTS) is 1. The molecule has 1 aromatic carbocycles. The van der Waals surface area contributed by atoms with E-state index in [9.17, 15) is 19.5 Å². The number of rotatable bonds is 17. The number of allylic oxidation sites excluding steroid dienone is 5. The van der Waals surface area contributed by atoms with E-state index >= 15 is 0 Å². The van der Waals surface area contributed by atoms with Crippen molar-refractivity contribution in [3.05, 3.63) is 70.8 Å². The summed E-state index contributed by atoms with van der Waals surface area (Å²) < 4.78 is 0. The van der Waals surface area contributed by atoms with Crippen molar-refractivity contribution >= 4 is 29.4 Å². The van der Waals surface area contributed by atoms with Crippen molar-refractivity contribution in [1.82, 2.24) is 5.32 Å². The first-order chi connectivity index (χ1) is 17.1. The smallest absolute Gasteiger partial charge is 0.304 e. The number of aliphatic carboxylic acids is 1. The number of carboxylic acids is 1. The predicted octanol–water partition coefficient (Wildman–Crippen LogP) is 5.41. The Labute approximate surface area is 220 Å². The second kappa shape index (κ2) is 17.7. The number of hydrogen-bond acceptors (Lipinski definition) is 5. The average Bonchev–Trinajstić information content (AvgIpc) is 2.83. The van der Waals surface area contributed by atoms with Crippen LogP contribution in [0, 0.1) is 0 Å². The average molecular weight is 515 g/mol.